The van der Waals surface area contributed by atoms with Crippen molar-refractivity contribution in [2.24, 2.45) is 0 Å². The molecule has 10 nitrogen and oxygen atoms in total. The van der Waals surface area contributed by atoms with Crippen LogP contribution >= 0.6 is 0 Å². The van der Waals surface area contributed by atoms with Gasteiger partial charge in [0.25, 0.3) is 0 Å². The molecule has 10 heteroatoms. The van der Waals surface area contributed by atoms with Crippen molar-refractivity contribution in [2.45, 2.75) is 78.3 Å². The SMILES string of the molecule is CC1(C)CN(C(=O)Cc2ccc(Nc3ncc4c5ccncc5n(C5CCCC5)c4n3)nc2)CCN1.CCN(CC)CC. The van der Waals surface area contributed by atoms with Gasteiger partial charge >= 0.3 is 0 Å². The summed E-state index contributed by atoms with van der Waals surface area (Å²) in [6, 6.07) is 6.31. The van der Waals surface area contributed by atoms with E-state index in [1.807, 2.05) is 41.7 Å². The van der Waals surface area contributed by atoms with Gasteiger partial charge in [-0.15, -0.1) is 0 Å². The summed E-state index contributed by atoms with van der Waals surface area (Å²) in [4.78, 5) is 35.5. The Bertz CT molecular complexity index is 1500. The van der Waals surface area contributed by atoms with Crippen LogP contribution in [-0.4, -0.2) is 85.0 Å². The van der Waals surface area contributed by atoms with E-state index in [1.165, 1.54) is 32.5 Å². The molecule has 4 aromatic heterocycles. The zero-order chi connectivity index (χ0) is 30.4. The summed E-state index contributed by atoms with van der Waals surface area (Å²) < 4.78 is 2.34. The van der Waals surface area contributed by atoms with Crippen molar-refractivity contribution >= 4 is 39.6 Å². The summed E-state index contributed by atoms with van der Waals surface area (Å²) in [5.74, 6) is 1.30. The van der Waals surface area contributed by atoms with Crippen molar-refractivity contribution in [2.75, 3.05) is 44.6 Å². The first kappa shape index (κ1) is 30.8. The van der Waals surface area contributed by atoms with Crippen LogP contribution in [0, 0.1) is 0 Å². The molecule has 6 rings (SSSR count). The Kier molecular flexibility index (Phi) is 9.87. The maximum atomic E-state index is 12.8. The molecule has 0 bridgehead atoms. The van der Waals surface area contributed by atoms with E-state index in [2.05, 4.69) is 69.7 Å². The second-order valence-corrected chi connectivity index (χ2v) is 12.2. The molecule has 1 amide bonds. The minimum atomic E-state index is -0.0545. The molecule has 1 aliphatic carbocycles. The third-order valence-corrected chi connectivity index (χ3v) is 8.72. The number of amides is 1. The highest BCUT2D eigenvalue weighted by Crippen LogP contribution is 2.37. The van der Waals surface area contributed by atoms with Crippen LogP contribution in [0.5, 0.6) is 0 Å². The number of nitrogens with zero attached hydrogens (tertiary/aromatic N) is 7. The molecule has 1 saturated heterocycles. The van der Waals surface area contributed by atoms with Crippen LogP contribution < -0.4 is 10.6 Å². The number of nitrogens with one attached hydrogen (secondary N) is 2. The van der Waals surface area contributed by atoms with E-state index in [1.54, 1.807) is 6.20 Å². The van der Waals surface area contributed by atoms with Gasteiger partial charge in [0.05, 0.1) is 18.1 Å². The molecule has 2 fully saturated rings. The molecule has 0 radical (unpaired) electrons. The average molecular weight is 586 g/mol. The summed E-state index contributed by atoms with van der Waals surface area (Å²) >= 11 is 0. The van der Waals surface area contributed by atoms with E-state index in [0.29, 0.717) is 30.8 Å². The Morgan fingerprint density at radius 3 is 2.44 bits per heavy atom. The Labute approximate surface area is 255 Å². The molecule has 0 atom stereocenters. The second-order valence-electron chi connectivity index (χ2n) is 12.2. The lowest BCUT2D eigenvalue weighted by Gasteiger charge is -2.39. The molecule has 0 spiro atoms. The Balaban J connectivity index is 0.000000472. The quantitative estimate of drug-likeness (QED) is 0.286. The number of carbonyl (C=O) groups is 1. The topological polar surface area (TPSA) is 104 Å². The van der Waals surface area contributed by atoms with Crippen molar-refractivity contribution in [3.05, 3.63) is 48.5 Å². The highest BCUT2D eigenvalue weighted by molar-refractivity contribution is 6.06. The highest BCUT2D eigenvalue weighted by atomic mass is 16.2. The number of fused-ring (bicyclic) bond motifs is 3. The van der Waals surface area contributed by atoms with Crippen molar-refractivity contribution < 1.29 is 4.79 Å². The van der Waals surface area contributed by atoms with E-state index in [4.69, 9.17) is 4.98 Å². The minimum Gasteiger partial charge on any atom is -0.339 e. The molecule has 0 unspecified atom stereocenters. The molecule has 2 aliphatic rings. The summed E-state index contributed by atoms with van der Waals surface area (Å²) in [7, 11) is 0. The fraction of sp³-hybridized carbons (Fsp3) is 0.545. The fourth-order valence-electron chi connectivity index (χ4n) is 6.29. The second kappa shape index (κ2) is 13.8. The van der Waals surface area contributed by atoms with Crippen molar-refractivity contribution in [3.8, 4) is 0 Å². The molecule has 2 N–H and O–H groups in total. The average Bonchev–Trinajstić information content (AvgIpc) is 3.65. The molecule has 230 valence electrons. The first-order valence-corrected chi connectivity index (χ1v) is 15.9. The Morgan fingerprint density at radius 1 is 1.02 bits per heavy atom. The summed E-state index contributed by atoms with van der Waals surface area (Å²) in [5, 5.41) is 8.87. The molecule has 1 aliphatic heterocycles. The van der Waals surface area contributed by atoms with Gasteiger partial charge in [-0.25, -0.2) is 9.97 Å². The lowest BCUT2D eigenvalue weighted by atomic mass is 10.0. The van der Waals surface area contributed by atoms with Crippen LogP contribution in [0.25, 0.3) is 21.9 Å². The van der Waals surface area contributed by atoms with Crippen molar-refractivity contribution in [3.63, 3.8) is 0 Å². The lowest BCUT2D eigenvalue weighted by molar-refractivity contribution is -0.132. The zero-order valence-corrected chi connectivity index (χ0v) is 26.4. The molecule has 5 heterocycles. The van der Waals surface area contributed by atoms with Crippen LogP contribution in [0.1, 0.15) is 71.9 Å². The van der Waals surface area contributed by atoms with Gasteiger partial charge in [0.1, 0.15) is 11.5 Å². The number of pyridine rings is 2. The number of hydrogen-bond donors (Lipinski definition) is 2. The zero-order valence-electron chi connectivity index (χ0n) is 26.4. The largest absolute Gasteiger partial charge is 0.339 e. The van der Waals surface area contributed by atoms with Gasteiger partial charge in [-0.3, -0.25) is 9.78 Å². The van der Waals surface area contributed by atoms with E-state index in [9.17, 15) is 4.79 Å². The first-order valence-electron chi connectivity index (χ1n) is 15.9. The molecular formula is C33H47N9O. The molecule has 4 aromatic rings. The van der Waals surface area contributed by atoms with Gasteiger partial charge in [0.15, 0.2) is 0 Å². The van der Waals surface area contributed by atoms with E-state index < -0.39 is 0 Å². The summed E-state index contributed by atoms with van der Waals surface area (Å²) in [5.41, 5.74) is 2.89. The van der Waals surface area contributed by atoms with E-state index in [0.717, 1.165) is 53.4 Å². The monoisotopic (exact) mass is 585 g/mol. The minimum absolute atomic E-state index is 0.0545. The Hall–Kier alpha value is -3.63. The third-order valence-electron chi connectivity index (χ3n) is 8.72. The predicted molar refractivity (Wildman–Crippen MR) is 174 cm³/mol. The Morgan fingerprint density at radius 2 is 1.79 bits per heavy atom. The van der Waals surface area contributed by atoms with Crippen LogP contribution in [0.15, 0.2) is 43.0 Å². The lowest BCUT2D eigenvalue weighted by Crippen LogP contribution is -2.58. The summed E-state index contributed by atoms with van der Waals surface area (Å²) in [6.45, 7) is 16.6. The molecule has 1 saturated carbocycles. The number of hydrogen-bond acceptors (Lipinski definition) is 8. The predicted octanol–water partition coefficient (Wildman–Crippen LogP) is 5.33. The number of carbonyl (C=O) groups excluding carboxylic acids is 1. The van der Waals surface area contributed by atoms with Crippen molar-refractivity contribution in [1.29, 1.82) is 0 Å². The van der Waals surface area contributed by atoms with Crippen LogP contribution in [0.4, 0.5) is 11.8 Å². The van der Waals surface area contributed by atoms with Crippen molar-refractivity contribution in [1.82, 2.24) is 39.6 Å². The fourth-order valence-corrected chi connectivity index (χ4v) is 6.29. The van der Waals surface area contributed by atoms with Gasteiger partial charge in [0.2, 0.25) is 11.9 Å². The first-order chi connectivity index (χ1) is 20.8. The van der Waals surface area contributed by atoms with Crippen LogP contribution in [0.2, 0.25) is 0 Å². The van der Waals surface area contributed by atoms with E-state index in [-0.39, 0.29) is 11.4 Å². The standard InChI is InChI=1S/C27H32N8O.C6H15N/c1-27(2)17-34(12-11-31-27)24(36)13-18-7-8-23(29-14-18)32-26-30-15-21-20-9-10-28-16-22(20)35(25(21)33-26)19-5-3-4-6-19;1-4-7(5-2)6-3/h7-10,14-16,19,31H,3-6,11-13,17H2,1-2H3,(H,29,30,32,33);4-6H2,1-3H3. The summed E-state index contributed by atoms with van der Waals surface area (Å²) in [6.07, 6.45) is 12.6. The molecule has 43 heavy (non-hydrogen) atoms. The maximum Gasteiger partial charge on any atom is 0.230 e. The van der Waals surface area contributed by atoms with Crippen LogP contribution in [-0.2, 0) is 11.2 Å². The van der Waals surface area contributed by atoms with Gasteiger partial charge in [-0.2, -0.15) is 4.98 Å². The van der Waals surface area contributed by atoms with Gasteiger partial charge in [0, 0.05) is 60.6 Å². The smallest absolute Gasteiger partial charge is 0.230 e. The number of anilines is 2. The molecular weight excluding hydrogens is 538 g/mol. The van der Waals surface area contributed by atoms with Gasteiger partial charge in [-0.05, 0) is 64.0 Å². The normalized spacial score (nSPS) is 16.9. The molecule has 0 aromatic carbocycles. The number of aromatic nitrogens is 5. The maximum absolute atomic E-state index is 12.8. The van der Waals surface area contributed by atoms with Gasteiger partial charge in [-0.1, -0.05) is 39.7 Å². The highest BCUT2D eigenvalue weighted by Gasteiger charge is 2.28. The van der Waals surface area contributed by atoms with E-state index >= 15 is 0 Å². The third kappa shape index (κ3) is 7.30. The van der Waals surface area contributed by atoms with Gasteiger partial charge < -0.3 is 25.0 Å². The number of rotatable bonds is 8. The van der Waals surface area contributed by atoms with Crippen LogP contribution in [0.3, 0.4) is 0 Å². The number of piperazine rings is 1.